The Morgan fingerprint density at radius 1 is 1.40 bits per heavy atom. The van der Waals surface area contributed by atoms with Crippen LogP contribution < -0.4 is 0 Å². The molecule has 80 valence electrons. The average Bonchev–Trinajstić information content (AvgIpc) is 2.14. The Morgan fingerprint density at radius 3 is 2.47 bits per heavy atom. The molecule has 0 unspecified atom stereocenters. The summed E-state index contributed by atoms with van der Waals surface area (Å²) in [5, 5.41) is 8.63. The van der Waals surface area contributed by atoms with Gasteiger partial charge < -0.3 is 10.0 Å². The molecule has 1 aromatic rings. The smallest absolute Gasteiger partial charge is 0.307 e. The summed E-state index contributed by atoms with van der Waals surface area (Å²) in [4.78, 5) is 12.8. The zero-order valence-corrected chi connectivity index (χ0v) is 8.81. The van der Waals surface area contributed by atoms with Crippen LogP contribution in [-0.4, -0.2) is 36.1 Å². The minimum absolute atomic E-state index is 0.116. The Labute approximate surface area is 89.3 Å². The van der Waals surface area contributed by atoms with Crippen molar-refractivity contribution in [2.24, 2.45) is 0 Å². The molecule has 0 amide bonds. The number of hydrogen-bond donors (Lipinski definition) is 1. The quantitative estimate of drug-likeness (QED) is 0.809. The third-order valence-electron chi connectivity index (χ3n) is 2.87. The van der Waals surface area contributed by atoms with Crippen LogP contribution in [0, 0.1) is 0 Å². The highest BCUT2D eigenvalue weighted by Crippen LogP contribution is 2.25. The first-order valence-electron chi connectivity index (χ1n) is 5.14. The molecule has 1 saturated heterocycles. The maximum absolute atomic E-state index is 10.5. The molecule has 0 saturated carbocycles. The number of carbonyl (C=O) groups is 1. The lowest BCUT2D eigenvalue weighted by Crippen LogP contribution is -2.41. The van der Waals surface area contributed by atoms with E-state index in [1.54, 1.807) is 0 Å². The molecule has 3 nitrogen and oxygen atoms in total. The van der Waals surface area contributed by atoms with Gasteiger partial charge in [0.15, 0.2) is 0 Å². The number of aliphatic carboxylic acids is 1. The van der Waals surface area contributed by atoms with Crippen LogP contribution in [0.4, 0.5) is 0 Å². The molecule has 1 aromatic carbocycles. The topological polar surface area (TPSA) is 40.5 Å². The van der Waals surface area contributed by atoms with Crippen LogP contribution in [0.2, 0.25) is 0 Å². The van der Waals surface area contributed by atoms with E-state index in [0.717, 1.165) is 18.7 Å². The fourth-order valence-electron chi connectivity index (χ4n) is 1.99. The van der Waals surface area contributed by atoms with Gasteiger partial charge in [-0.1, -0.05) is 24.3 Å². The molecule has 0 spiro atoms. The predicted octanol–water partition coefficient (Wildman–Crippen LogP) is 1.34. The van der Waals surface area contributed by atoms with E-state index in [1.165, 1.54) is 5.56 Å². The van der Waals surface area contributed by atoms with Crippen LogP contribution in [0.1, 0.15) is 17.0 Å². The van der Waals surface area contributed by atoms with Crippen molar-refractivity contribution in [2.75, 3.05) is 20.1 Å². The summed E-state index contributed by atoms with van der Waals surface area (Å²) in [7, 11) is 2.11. The predicted molar refractivity (Wildman–Crippen MR) is 58.0 cm³/mol. The Morgan fingerprint density at radius 2 is 2.00 bits per heavy atom. The van der Waals surface area contributed by atoms with Gasteiger partial charge in [-0.3, -0.25) is 4.79 Å². The van der Waals surface area contributed by atoms with E-state index in [-0.39, 0.29) is 6.42 Å². The van der Waals surface area contributed by atoms with Crippen LogP contribution in [0.25, 0.3) is 0 Å². The molecule has 0 radical (unpaired) electrons. The number of hydrogen-bond acceptors (Lipinski definition) is 2. The summed E-state index contributed by atoms with van der Waals surface area (Å²) in [6.07, 6.45) is 0.116. The molecule has 1 aliphatic rings. The fourth-order valence-corrected chi connectivity index (χ4v) is 1.99. The standard InChI is InChI=1S/C12H15NO2/c1-13-7-11(8-13)10-4-2-9(3-5-10)6-12(14)15/h2-5,11H,6-8H2,1H3,(H,14,15). The zero-order valence-electron chi connectivity index (χ0n) is 8.81. The second-order valence-electron chi connectivity index (χ2n) is 4.23. The number of carboxylic acid groups (broad SMARTS) is 1. The number of benzene rings is 1. The van der Waals surface area contributed by atoms with Crippen LogP contribution in [0.3, 0.4) is 0 Å². The molecular weight excluding hydrogens is 190 g/mol. The van der Waals surface area contributed by atoms with Crippen molar-refractivity contribution in [3.63, 3.8) is 0 Å². The largest absolute Gasteiger partial charge is 0.481 e. The third-order valence-corrected chi connectivity index (χ3v) is 2.87. The average molecular weight is 205 g/mol. The van der Waals surface area contributed by atoms with Crippen molar-refractivity contribution < 1.29 is 9.90 Å². The molecule has 1 aliphatic heterocycles. The first kappa shape index (κ1) is 10.2. The van der Waals surface area contributed by atoms with E-state index in [4.69, 9.17) is 5.11 Å². The molecule has 15 heavy (non-hydrogen) atoms. The van der Waals surface area contributed by atoms with Crippen LogP contribution in [0.15, 0.2) is 24.3 Å². The summed E-state index contributed by atoms with van der Waals surface area (Å²) in [6.45, 7) is 2.22. The second-order valence-corrected chi connectivity index (χ2v) is 4.23. The highest BCUT2D eigenvalue weighted by atomic mass is 16.4. The molecule has 1 N–H and O–H groups in total. The van der Waals surface area contributed by atoms with Gasteiger partial charge in [-0.15, -0.1) is 0 Å². The van der Waals surface area contributed by atoms with Gasteiger partial charge in [-0.05, 0) is 18.2 Å². The Balaban J connectivity index is 2.01. The zero-order chi connectivity index (χ0) is 10.8. The van der Waals surface area contributed by atoms with Crippen LogP contribution >= 0.6 is 0 Å². The van der Waals surface area contributed by atoms with E-state index < -0.39 is 5.97 Å². The van der Waals surface area contributed by atoms with E-state index in [0.29, 0.717) is 5.92 Å². The highest BCUT2D eigenvalue weighted by Gasteiger charge is 2.24. The van der Waals surface area contributed by atoms with Crippen molar-refractivity contribution >= 4 is 5.97 Å². The molecule has 1 heterocycles. The summed E-state index contributed by atoms with van der Waals surface area (Å²) in [5.74, 6) is -0.139. The number of nitrogens with zero attached hydrogens (tertiary/aromatic N) is 1. The molecular formula is C12H15NO2. The van der Waals surface area contributed by atoms with Crippen molar-refractivity contribution in [3.05, 3.63) is 35.4 Å². The van der Waals surface area contributed by atoms with Gasteiger partial charge in [0.2, 0.25) is 0 Å². The minimum Gasteiger partial charge on any atom is -0.481 e. The summed E-state index contributed by atoms with van der Waals surface area (Å²) < 4.78 is 0. The SMILES string of the molecule is CN1CC(c2ccc(CC(=O)O)cc2)C1. The minimum atomic E-state index is -0.772. The second kappa shape index (κ2) is 4.03. The Hall–Kier alpha value is -1.35. The van der Waals surface area contributed by atoms with Crippen LogP contribution in [0.5, 0.6) is 0 Å². The molecule has 0 aromatic heterocycles. The van der Waals surface area contributed by atoms with Gasteiger partial charge in [-0.25, -0.2) is 0 Å². The molecule has 0 aliphatic carbocycles. The van der Waals surface area contributed by atoms with Gasteiger partial charge in [0.05, 0.1) is 6.42 Å². The molecule has 0 bridgehead atoms. The van der Waals surface area contributed by atoms with Crippen molar-refractivity contribution in [1.82, 2.24) is 4.90 Å². The van der Waals surface area contributed by atoms with Gasteiger partial charge in [-0.2, -0.15) is 0 Å². The van der Waals surface area contributed by atoms with E-state index in [1.807, 2.05) is 12.1 Å². The van der Waals surface area contributed by atoms with Crippen LogP contribution in [-0.2, 0) is 11.2 Å². The van der Waals surface area contributed by atoms with Gasteiger partial charge >= 0.3 is 5.97 Å². The highest BCUT2D eigenvalue weighted by molar-refractivity contribution is 5.70. The van der Waals surface area contributed by atoms with E-state index >= 15 is 0 Å². The Bertz CT molecular complexity index is 352. The lowest BCUT2D eigenvalue weighted by molar-refractivity contribution is -0.136. The van der Waals surface area contributed by atoms with Crippen molar-refractivity contribution in [2.45, 2.75) is 12.3 Å². The van der Waals surface area contributed by atoms with Gasteiger partial charge in [0, 0.05) is 19.0 Å². The summed E-state index contributed by atoms with van der Waals surface area (Å²) >= 11 is 0. The number of likely N-dealkylation sites (N-methyl/N-ethyl adjacent to an activating group) is 1. The third kappa shape index (κ3) is 2.36. The maximum atomic E-state index is 10.5. The number of rotatable bonds is 3. The van der Waals surface area contributed by atoms with Crippen molar-refractivity contribution in [1.29, 1.82) is 0 Å². The maximum Gasteiger partial charge on any atom is 0.307 e. The molecule has 1 fully saturated rings. The van der Waals surface area contributed by atoms with E-state index in [9.17, 15) is 4.79 Å². The van der Waals surface area contributed by atoms with Crippen molar-refractivity contribution in [3.8, 4) is 0 Å². The van der Waals surface area contributed by atoms with E-state index in [2.05, 4.69) is 24.1 Å². The monoisotopic (exact) mass is 205 g/mol. The number of likely N-dealkylation sites (tertiary alicyclic amines) is 1. The first-order valence-corrected chi connectivity index (χ1v) is 5.14. The first-order chi connectivity index (χ1) is 7.15. The van der Waals surface area contributed by atoms with Gasteiger partial charge in [0.25, 0.3) is 0 Å². The molecule has 2 rings (SSSR count). The molecule has 3 heteroatoms. The summed E-state index contributed by atoms with van der Waals surface area (Å²) in [5.41, 5.74) is 2.20. The van der Waals surface area contributed by atoms with Gasteiger partial charge in [0.1, 0.15) is 0 Å². The Kier molecular flexibility index (Phi) is 2.73. The summed E-state index contributed by atoms with van der Waals surface area (Å²) in [6, 6.07) is 7.94. The lowest BCUT2D eigenvalue weighted by atomic mass is 9.91. The normalized spacial score (nSPS) is 17.4. The molecule has 0 atom stereocenters. The number of carboxylic acids is 1. The fraction of sp³-hybridized carbons (Fsp3) is 0.417. The lowest BCUT2D eigenvalue weighted by Gasteiger charge is -2.36.